The average Bonchev–Trinajstić information content (AvgIpc) is 3.30. The number of hydrogen-bond donors (Lipinski definition) is 0. The molecule has 0 radical (unpaired) electrons. The van der Waals surface area contributed by atoms with E-state index in [0.717, 1.165) is 11.3 Å². The fraction of sp³-hybridized carbons (Fsp3) is 0.500. The molecule has 0 N–H and O–H groups in total. The van der Waals surface area contributed by atoms with Crippen molar-refractivity contribution in [2.75, 3.05) is 32.8 Å². The van der Waals surface area contributed by atoms with E-state index in [4.69, 9.17) is 9.47 Å². The number of para-hydroxylation sites is 1. The van der Waals surface area contributed by atoms with Crippen LogP contribution in [0, 0.1) is 26.1 Å². The van der Waals surface area contributed by atoms with Crippen molar-refractivity contribution >= 4 is 17.7 Å². The number of hydrazone groups is 1. The summed E-state index contributed by atoms with van der Waals surface area (Å²) in [5.74, 6) is 0.115. The molecule has 0 aliphatic carbocycles. The number of guanidine groups is 1. The molecule has 0 bridgehead atoms. The normalized spacial score (nSPS) is 20.6. The lowest BCUT2D eigenvalue weighted by molar-refractivity contribution is -0.486. The molecule has 0 aromatic heterocycles. The van der Waals surface area contributed by atoms with Gasteiger partial charge in [-0.05, 0) is 12.5 Å². The van der Waals surface area contributed by atoms with Crippen LogP contribution in [0.1, 0.15) is 12.0 Å². The van der Waals surface area contributed by atoms with E-state index in [1.54, 1.807) is 11.0 Å². The Hall–Kier alpha value is -3.28. The monoisotopic (exact) mass is 393 g/mol. The topological polar surface area (TPSA) is 141 Å². The fourth-order valence-corrected chi connectivity index (χ4v) is 3.19. The second-order valence-electron chi connectivity index (χ2n) is 6.41. The third-order valence-electron chi connectivity index (χ3n) is 4.55. The van der Waals surface area contributed by atoms with Crippen LogP contribution in [0.5, 0.6) is 0 Å². The Kier molecular flexibility index (Phi) is 5.99. The van der Waals surface area contributed by atoms with E-state index in [1.807, 2.05) is 0 Å². The number of ether oxygens (including phenoxy) is 2. The van der Waals surface area contributed by atoms with Crippen LogP contribution in [0.4, 0.5) is 10.5 Å². The Morgan fingerprint density at radius 3 is 2.75 bits per heavy atom. The average molecular weight is 393 g/mol. The molecule has 2 heterocycles. The van der Waals surface area contributed by atoms with Crippen molar-refractivity contribution in [3.05, 3.63) is 50.1 Å². The zero-order valence-corrected chi connectivity index (χ0v) is 14.9. The van der Waals surface area contributed by atoms with Gasteiger partial charge < -0.3 is 14.4 Å². The second kappa shape index (κ2) is 8.61. The predicted molar refractivity (Wildman–Crippen MR) is 94.9 cm³/mol. The number of nitro benzene ring substituents is 1. The number of carbonyl (C=O) groups excluding carboxylic acids is 1. The van der Waals surface area contributed by atoms with Crippen molar-refractivity contribution in [2.24, 2.45) is 11.0 Å². The molecule has 28 heavy (non-hydrogen) atoms. The van der Waals surface area contributed by atoms with Crippen LogP contribution in [0.3, 0.4) is 0 Å². The third-order valence-corrected chi connectivity index (χ3v) is 4.55. The summed E-state index contributed by atoms with van der Waals surface area (Å²) < 4.78 is 10.5. The smallest absolute Gasteiger partial charge is 0.417 e. The Morgan fingerprint density at radius 1 is 1.29 bits per heavy atom. The highest BCUT2D eigenvalue weighted by Crippen LogP contribution is 2.21. The minimum Gasteiger partial charge on any atom is -0.444 e. The largest absolute Gasteiger partial charge is 0.444 e. The molecule has 0 saturated carbocycles. The molecule has 12 heteroatoms. The molecule has 2 aliphatic heterocycles. The van der Waals surface area contributed by atoms with Crippen LogP contribution in [0.2, 0.25) is 0 Å². The van der Waals surface area contributed by atoms with Crippen molar-refractivity contribution in [2.45, 2.75) is 13.0 Å². The van der Waals surface area contributed by atoms with Crippen LogP contribution in [0.15, 0.2) is 29.4 Å². The van der Waals surface area contributed by atoms with Crippen molar-refractivity contribution in [3.8, 4) is 0 Å². The van der Waals surface area contributed by atoms with Crippen molar-refractivity contribution in [3.63, 3.8) is 0 Å². The third kappa shape index (κ3) is 4.52. The highest BCUT2D eigenvalue weighted by Gasteiger charge is 2.37. The quantitative estimate of drug-likeness (QED) is 0.522. The number of nitro groups is 2. The Morgan fingerprint density at radius 2 is 2.07 bits per heavy atom. The van der Waals surface area contributed by atoms with Gasteiger partial charge in [0.1, 0.15) is 11.7 Å². The van der Waals surface area contributed by atoms with E-state index in [0.29, 0.717) is 26.3 Å². The second-order valence-corrected chi connectivity index (χ2v) is 6.41. The van der Waals surface area contributed by atoms with E-state index >= 15 is 0 Å². The van der Waals surface area contributed by atoms with Gasteiger partial charge in [-0.1, -0.05) is 12.1 Å². The maximum atomic E-state index is 12.5. The van der Waals surface area contributed by atoms with Crippen LogP contribution in [0.25, 0.3) is 0 Å². The molecule has 1 aromatic carbocycles. The van der Waals surface area contributed by atoms with Gasteiger partial charge in [0, 0.05) is 31.7 Å². The lowest BCUT2D eigenvalue weighted by atomic mass is 10.1. The summed E-state index contributed by atoms with van der Waals surface area (Å²) in [6, 6.07) is 5.89. The first-order valence-electron chi connectivity index (χ1n) is 8.68. The lowest BCUT2D eigenvalue weighted by Gasteiger charge is -2.21. The molecule has 1 amide bonds. The molecule has 3 rings (SSSR count). The molecular weight excluding hydrogens is 374 g/mol. The van der Waals surface area contributed by atoms with E-state index in [1.165, 1.54) is 18.2 Å². The Balaban J connectivity index is 1.68. The first-order valence-corrected chi connectivity index (χ1v) is 8.68. The molecule has 1 aromatic rings. The van der Waals surface area contributed by atoms with Crippen LogP contribution >= 0.6 is 0 Å². The van der Waals surface area contributed by atoms with E-state index in [-0.39, 0.29) is 36.3 Å². The van der Waals surface area contributed by atoms with Gasteiger partial charge in [0.15, 0.2) is 5.03 Å². The number of benzene rings is 1. The summed E-state index contributed by atoms with van der Waals surface area (Å²) in [6.07, 6.45) is -0.00593. The maximum absolute atomic E-state index is 12.5. The molecule has 150 valence electrons. The van der Waals surface area contributed by atoms with Crippen molar-refractivity contribution < 1.29 is 24.2 Å². The summed E-state index contributed by atoms with van der Waals surface area (Å²) in [5, 5.41) is 24.4. The lowest BCUT2D eigenvalue weighted by Crippen LogP contribution is -2.40. The van der Waals surface area contributed by atoms with Crippen LogP contribution in [-0.2, 0) is 16.1 Å². The minimum atomic E-state index is -0.860. The van der Waals surface area contributed by atoms with E-state index in [9.17, 15) is 25.0 Å². The van der Waals surface area contributed by atoms with E-state index in [2.05, 4.69) is 5.10 Å². The van der Waals surface area contributed by atoms with Gasteiger partial charge in [-0.2, -0.15) is 0 Å². The van der Waals surface area contributed by atoms with Crippen LogP contribution in [-0.4, -0.2) is 64.7 Å². The summed E-state index contributed by atoms with van der Waals surface area (Å²) in [7, 11) is 0. The summed E-state index contributed by atoms with van der Waals surface area (Å²) in [4.78, 5) is 36.6. The van der Waals surface area contributed by atoms with Gasteiger partial charge in [0.05, 0.1) is 23.6 Å². The predicted octanol–water partition coefficient (Wildman–Crippen LogP) is 1.43. The molecule has 2 saturated heterocycles. The fourth-order valence-electron chi connectivity index (χ4n) is 3.19. The van der Waals surface area contributed by atoms with Gasteiger partial charge >= 0.3 is 6.09 Å². The maximum Gasteiger partial charge on any atom is 0.417 e. The summed E-state index contributed by atoms with van der Waals surface area (Å²) in [5.41, 5.74) is 0.0616. The SMILES string of the molecule is O=C(OCc1ccccc1[N+](=O)[O-])N1CCN(CC2CCOC2)C1=N[N+](=O)[O-]. The summed E-state index contributed by atoms with van der Waals surface area (Å²) >= 11 is 0. The van der Waals surface area contributed by atoms with Gasteiger partial charge in [-0.3, -0.25) is 10.1 Å². The van der Waals surface area contributed by atoms with Crippen molar-refractivity contribution in [1.82, 2.24) is 9.80 Å². The number of rotatable bonds is 6. The first kappa shape index (κ1) is 19.5. The highest BCUT2D eigenvalue weighted by molar-refractivity contribution is 5.95. The zero-order chi connectivity index (χ0) is 20.1. The van der Waals surface area contributed by atoms with Gasteiger partial charge in [-0.25, -0.2) is 19.8 Å². The molecule has 1 atom stereocenters. The highest BCUT2D eigenvalue weighted by atomic mass is 16.7. The molecule has 0 spiro atoms. The van der Waals surface area contributed by atoms with E-state index < -0.39 is 16.0 Å². The molecular formula is C16H19N5O7. The minimum absolute atomic E-state index is 0.0931. The van der Waals surface area contributed by atoms with Crippen LogP contribution < -0.4 is 0 Å². The molecule has 2 aliphatic rings. The number of carbonyl (C=O) groups is 1. The molecule has 2 fully saturated rings. The van der Waals surface area contributed by atoms with Gasteiger partial charge in [0.25, 0.3) is 11.6 Å². The molecule has 1 unspecified atom stereocenters. The Bertz CT molecular complexity index is 793. The zero-order valence-electron chi connectivity index (χ0n) is 14.9. The standard InChI is InChI=1S/C16H19N5O7/c22-16(28-11-13-3-1-2-4-14(13)20(23)24)19-7-6-18(15(19)17-21(25)26)9-12-5-8-27-10-12/h1-4,12H,5-11H2. The summed E-state index contributed by atoms with van der Waals surface area (Å²) in [6.45, 7) is 1.92. The number of hydrogen-bond acceptors (Lipinski definition) is 7. The molecule has 12 nitrogen and oxygen atoms in total. The van der Waals surface area contributed by atoms with Crippen molar-refractivity contribution in [1.29, 1.82) is 0 Å². The number of nitrogens with zero attached hydrogens (tertiary/aromatic N) is 5. The van der Waals surface area contributed by atoms with Gasteiger partial charge in [0.2, 0.25) is 0 Å². The number of amides is 1. The first-order chi connectivity index (χ1) is 13.5. The Labute approximate surface area is 159 Å². The van der Waals surface area contributed by atoms with Gasteiger partial charge in [-0.15, -0.1) is 0 Å².